The SMILES string of the molecule is Cc1cnc(NCC2(N)CCC2)nc1. The summed E-state index contributed by atoms with van der Waals surface area (Å²) < 4.78 is 0. The van der Waals surface area contributed by atoms with E-state index in [1.165, 1.54) is 6.42 Å². The van der Waals surface area contributed by atoms with Crippen molar-refractivity contribution in [2.75, 3.05) is 11.9 Å². The molecule has 0 radical (unpaired) electrons. The van der Waals surface area contributed by atoms with Gasteiger partial charge in [0.1, 0.15) is 0 Å². The van der Waals surface area contributed by atoms with Crippen molar-refractivity contribution in [3.8, 4) is 0 Å². The molecule has 1 fully saturated rings. The van der Waals surface area contributed by atoms with Crippen LogP contribution in [0.25, 0.3) is 0 Å². The van der Waals surface area contributed by atoms with Crippen LogP contribution in [-0.4, -0.2) is 22.1 Å². The molecule has 1 aromatic rings. The summed E-state index contributed by atoms with van der Waals surface area (Å²) in [6.07, 6.45) is 7.06. The summed E-state index contributed by atoms with van der Waals surface area (Å²) in [6, 6.07) is 0. The predicted octanol–water partition coefficient (Wildman–Crippen LogP) is 1.08. The van der Waals surface area contributed by atoms with E-state index >= 15 is 0 Å². The second-order valence-corrected chi connectivity index (χ2v) is 4.15. The summed E-state index contributed by atoms with van der Waals surface area (Å²) in [5, 5.41) is 3.17. The van der Waals surface area contributed by atoms with Gasteiger partial charge < -0.3 is 11.1 Å². The van der Waals surface area contributed by atoms with E-state index in [9.17, 15) is 0 Å². The molecule has 4 heteroatoms. The summed E-state index contributed by atoms with van der Waals surface area (Å²) in [5.74, 6) is 0.673. The molecule has 0 aromatic carbocycles. The van der Waals surface area contributed by atoms with Crippen LogP contribution in [0.1, 0.15) is 24.8 Å². The van der Waals surface area contributed by atoms with Crippen molar-refractivity contribution < 1.29 is 0 Å². The van der Waals surface area contributed by atoms with E-state index in [4.69, 9.17) is 5.73 Å². The molecule has 0 bridgehead atoms. The molecule has 0 aliphatic heterocycles. The molecular weight excluding hydrogens is 176 g/mol. The quantitative estimate of drug-likeness (QED) is 0.752. The zero-order chi connectivity index (χ0) is 10.0. The molecule has 76 valence electrons. The smallest absolute Gasteiger partial charge is 0.222 e. The van der Waals surface area contributed by atoms with Crippen LogP contribution in [0.15, 0.2) is 12.4 Å². The molecule has 1 aromatic heterocycles. The van der Waals surface area contributed by atoms with Crippen molar-refractivity contribution in [3.05, 3.63) is 18.0 Å². The molecule has 1 saturated carbocycles. The van der Waals surface area contributed by atoms with Crippen molar-refractivity contribution in [2.45, 2.75) is 31.7 Å². The largest absolute Gasteiger partial charge is 0.352 e. The summed E-state index contributed by atoms with van der Waals surface area (Å²) in [7, 11) is 0. The number of hydrogen-bond acceptors (Lipinski definition) is 4. The van der Waals surface area contributed by atoms with E-state index in [0.717, 1.165) is 24.9 Å². The maximum Gasteiger partial charge on any atom is 0.222 e. The minimum atomic E-state index is -0.0196. The summed E-state index contributed by atoms with van der Waals surface area (Å²) in [5.41, 5.74) is 7.11. The summed E-state index contributed by atoms with van der Waals surface area (Å²) in [4.78, 5) is 8.32. The molecule has 2 rings (SSSR count). The zero-order valence-electron chi connectivity index (χ0n) is 8.45. The van der Waals surface area contributed by atoms with E-state index in [1.807, 2.05) is 6.92 Å². The second kappa shape index (κ2) is 3.53. The molecule has 0 spiro atoms. The molecule has 3 N–H and O–H groups in total. The van der Waals surface area contributed by atoms with Crippen molar-refractivity contribution in [3.63, 3.8) is 0 Å². The van der Waals surface area contributed by atoms with Gasteiger partial charge in [0, 0.05) is 24.5 Å². The average molecular weight is 192 g/mol. The van der Waals surface area contributed by atoms with E-state index in [0.29, 0.717) is 5.95 Å². The fraction of sp³-hybridized carbons (Fsp3) is 0.600. The highest BCUT2D eigenvalue weighted by molar-refractivity contribution is 5.25. The number of nitrogens with zero attached hydrogens (tertiary/aromatic N) is 2. The Morgan fingerprint density at radius 2 is 2.07 bits per heavy atom. The van der Waals surface area contributed by atoms with Crippen molar-refractivity contribution in [1.29, 1.82) is 0 Å². The second-order valence-electron chi connectivity index (χ2n) is 4.15. The lowest BCUT2D eigenvalue weighted by Crippen LogP contribution is -2.52. The molecule has 0 saturated heterocycles. The first-order valence-corrected chi connectivity index (χ1v) is 4.99. The van der Waals surface area contributed by atoms with Gasteiger partial charge in [-0.05, 0) is 31.7 Å². The first-order valence-electron chi connectivity index (χ1n) is 4.99. The van der Waals surface area contributed by atoms with Crippen LogP contribution in [0, 0.1) is 6.92 Å². The van der Waals surface area contributed by atoms with Crippen molar-refractivity contribution in [1.82, 2.24) is 9.97 Å². The van der Waals surface area contributed by atoms with Gasteiger partial charge in [-0.1, -0.05) is 0 Å². The van der Waals surface area contributed by atoms with Gasteiger partial charge >= 0.3 is 0 Å². The van der Waals surface area contributed by atoms with E-state index in [1.54, 1.807) is 12.4 Å². The number of aryl methyl sites for hydroxylation is 1. The third kappa shape index (κ3) is 2.01. The lowest BCUT2D eigenvalue weighted by molar-refractivity contribution is 0.265. The van der Waals surface area contributed by atoms with Gasteiger partial charge in [0.2, 0.25) is 5.95 Å². The lowest BCUT2D eigenvalue weighted by Gasteiger charge is -2.38. The molecular formula is C10H16N4. The Morgan fingerprint density at radius 1 is 1.43 bits per heavy atom. The Bertz CT molecular complexity index is 302. The van der Waals surface area contributed by atoms with Gasteiger partial charge in [-0.3, -0.25) is 0 Å². The maximum absolute atomic E-state index is 6.06. The van der Waals surface area contributed by atoms with E-state index < -0.39 is 0 Å². The molecule has 1 heterocycles. The Balaban J connectivity index is 1.88. The van der Waals surface area contributed by atoms with Crippen LogP contribution < -0.4 is 11.1 Å². The van der Waals surface area contributed by atoms with Crippen LogP contribution in [0.3, 0.4) is 0 Å². The van der Waals surface area contributed by atoms with Gasteiger partial charge in [0.05, 0.1) is 0 Å². The van der Waals surface area contributed by atoms with Crippen LogP contribution in [0.2, 0.25) is 0 Å². The molecule has 4 nitrogen and oxygen atoms in total. The van der Waals surface area contributed by atoms with Gasteiger partial charge in [-0.2, -0.15) is 0 Å². The number of nitrogens with two attached hydrogens (primary N) is 1. The van der Waals surface area contributed by atoms with Gasteiger partial charge in [0.15, 0.2) is 0 Å². The molecule has 0 amide bonds. The van der Waals surface area contributed by atoms with E-state index in [-0.39, 0.29) is 5.54 Å². The third-order valence-electron chi connectivity index (χ3n) is 2.73. The maximum atomic E-state index is 6.06. The highest BCUT2D eigenvalue weighted by Gasteiger charge is 2.32. The van der Waals surface area contributed by atoms with Gasteiger partial charge in [0.25, 0.3) is 0 Å². The topological polar surface area (TPSA) is 63.8 Å². The van der Waals surface area contributed by atoms with Crippen LogP contribution in [0.4, 0.5) is 5.95 Å². The Kier molecular flexibility index (Phi) is 2.37. The zero-order valence-corrected chi connectivity index (χ0v) is 8.45. The number of nitrogens with one attached hydrogen (secondary N) is 1. The average Bonchev–Trinajstić information content (AvgIpc) is 2.14. The van der Waals surface area contributed by atoms with Crippen molar-refractivity contribution >= 4 is 5.95 Å². The standard InChI is InChI=1S/C10H16N4/c1-8-5-12-9(13-6-8)14-7-10(11)3-2-4-10/h5-6H,2-4,7,11H2,1H3,(H,12,13,14). The Morgan fingerprint density at radius 3 is 2.57 bits per heavy atom. The lowest BCUT2D eigenvalue weighted by atomic mass is 9.78. The normalized spacial score (nSPS) is 18.7. The number of aromatic nitrogens is 2. The van der Waals surface area contributed by atoms with Crippen LogP contribution in [-0.2, 0) is 0 Å². The highest BCUT2D eigenvalue weighted by Crippen LogP contribution is 2.28. The van der Waals surface area contributed by atoms with Gasteiger partial charge in [-0.15, -0.1) is 0 Å². The highest BCUT2D eigenvalue weighted by atomic mass is 15.1. The monoisotopic (exact) mass is 192 g/mol. The molecule has 1 aliphatic carbocycles. The molecule has 14 heavy (non-hydrogen) atoms. The minimum Gasteiger partial charge on any atom is -0.352 e. The Hall–Kier alpha value is -1.16. The first-order chi connectivity index (χ1) is 6.68. The number of anilines is 1. The van der Waals surface area contributed by atoms with E-state index in [2.05, 4.69) is 15.3 Å². The summed E-state index contributed by atoms with van der Waals surface area (Å²) >= 11 is 0. The van der Waals surface area contributed by atoms with Gasteiger partial charge in [-0.25, -0.2) is 9.97 Å². The first kappa shape index (κ1) is 9.40. The van der Waals surface area contributed by atoms with Crippen LogP contribution >= 0.6 is 0 Å². The molecule has 0 unspecified atom stereocenters. The van der Waals surface area contributed by atoms with Crippen molar-refractivity contribution in [2.24, 2.45) is 5.73 Å². The fourth-order valence-corrected chi connectivity index (χ4v) is 1.55. The minimum absolute atomic E-state index is 0.0196. The van der Waals surface area contributed by atoms with Crippen LogP contribution in [0.5, 0.6) is 0 Å². The molecule has 1 aliphatic rings. The summed E-state index contributed by atoms with van der Waals surface area (Å²) in [6.45, 7) is 2.75. The number of hydrogen-bond donors (Lipinski definition) is 2. The number of rotatable bonds is 3. The predicted molar refractivity (Wildman–Crippen MR) is 56.0 cm³/mol. The fourth-order valence-electron chi connectivity index (χ4n) is 1.55. The Labute approximate surface area is 83.9 Å². The molecule has 0 atom stereocenters. The third-order valence-corrected chi connectivity index (χ3v) is 2.73.